The van der Waals surface area contributed by atoms with E-state index in [1.807, 2.05) is 64.1 Å². The molecule has 1 N–H and O–H groups in total. The van der Waals surface area contributed by atoms with E-state index < -0.39 is 0 Å². The molecule has 0 bridgehead atoms. The van der Waals surface area contributed by atoms with Crippen LogP contribution in [0.4, 0.5) is 0 Å². The quantitative estimate of drug-likeness (QED) is 0.676. The molecule has 0 aromatic heterocycles. The zero-order chi connectivity index (χ0) is 16.7. The second-order valence-corrected chi connectivity index (χ2v) is 6.25. The summed E-state index contributed by atoms with van der Waals surface area (Å²) in [6.07, 6.45) is 0. The first-order valence-corrected chi connectivity index (χ1v) is 7.73. The minimum absolute atomic E-state index is 0.0120. The maximum Gasteiger partial charge on any atom is 0.193 e. The van der Waals surface area contributed by atoms with Crippen LogP contribution in [-0.4, -0.2) is 10.9 Å². The van der Waals surface area contributed by atoms with Gasteiger partial charge in [-0.2, -0.15) is 0 Å². The minimum atomic E-state index is -0.0120. The summed E-state index contributed by atoms with van der Waals surface area (Å²) in [5.74, 6) is 0.250. The lowest BCUT2D eigenvalue weighted by atomic mass is 9.93. The molecule has 2 heteroatoms. The lowest BCUT2D eigenvalue weighted by molar-refractivity contribution is 0.103. The van der Waals surface area contributed by atoms with Crippen LogP contribution in [0.25, 0.3) is 10.8 Å². The number of phenols is 1. The van der Waals surface area contributed by atoms with E-state index in [9.17, 15) is 9.90 Å². The SMILES string of the molecule is Cc1ccc(C(=O)c2cc3c(O)c(C)c(C)cc3cc2C)cc1. The number of aromatic hydroxyl groups is 1. The van der Waals surface area contributed by atoms with Gasteiger partial charge < -0.3 is 5.11 Å². The number of carbonyl (C=O) groups excluding carboxylic acids is 1. The number of carbonyl (C=O) groups is 1. The van der Waals surface area contributed by atoms with Crippen molar-refractivity contribution in [3.05, 3.63) is 75.8 Å². The first-order chi connectivity index (χ1) is 10.9. The highest BCUT2D eigenvalue weighted by Crippen LogP contribution is 2.33. The van der Waals surface area contributed by atoms with E-state index in [2.05, 4.69) is 6.07 Å². The molecule has 0 fully saturated rings. The summed E-state index contributed by atoms with van der Waals surface area (Å²) in [5, 5.41) is 12.1. The maximum absolute atomic E-state index is 12.8. The van der Waals surface area contributed by atoms with Crippen molar-refractivity contribution in [1.29, 1.82) is 0 Å². The standard InChI is InChI=1S/C21H20O2/c1-12-5-7-16(8-6-12)21(23)18-11-19-17(10-14(18)3)9-13(2)15(4)20(19)22/h5-11,22H,1-4H3. The van der Waals surface area contributed by atoms with E-state index in [-0.39, 0.29) is 11.5 Å². The van der Waals surface area contributed by atoms with Gasteiger partial charge in [0.05, 0.1) is 0 Å². The van der Waals surface area contributed by atoms with Gasteiger partial charge in [0.2, 0.25) is 0 Å². The zero-order valence-corrected chi connectivity index (χ0v) is 13.9. The Labute approximate surface area is 136 Å². The van der Waals surface area contributed by atoms with Crippen LogP contribution in [0.3, 0.4) is 0 Å². The lowest BCUT2D eigenvalue weighted by Gasteiger charge is -2.12. The third-order valence-corrected chi connectivity index (χ3v) is 4.53. The van der Waals surface area contributed by atoms with Crippen LogP contribution in [0.15, 0.2) is 42.5 Å². The molecule has 3 aromatic carbocycles. The smallest absolute Gasteiger partial charge is 0.193 e. The first-order valence-electron chi connectivity index (χ1n) is 7.73. The van der Waals surface area contributed by atoms with E-state index in [4.69, 9.17) is 0 Å². The number of hydrogen-bond acceptors (Lipinski definition) is 2. The molecule has 0 spiro atoms. The van der Waals surface area contributed by atoms with Crippen molar-refractivity contribution in [1.82, 2.24) is 0 Å². The second kappa shape index (κ2) is 5.54. The van der Waals surface area contributed by atoms with Crippen molar-refractivity contribution >= 4 is 16.6 Å². The van der Waals surface area contributed by atoms with Crippen LogP contribution in [0, 0.1) is 27.7 Å². The summed E-state index contributed by atoms with van der Waals surface area (Å²) in [4.78, 5) is 12.8. The highest BCUT2D eigenvalue weighted by atomic mass is 16.3. The molecule has 116 valence electrons. The van der Waals surface area contributed by atoms with Gasteiger partial charge in [0.25, 0.3) is 0 Å². The Morgan fingerprint density at radius 1 is 0.870 bits per heavy atom. The van der Waals surface area contributed by atoms with Crippen LogP contribution < -0.4 is 0 Å². The monoisotopic (exact) mass is 304 g/mol. The molecule has 2 nitrogen and oxygen atoms in total. The Balaban J connectivity index is 2.20. The van der Waals surface area contributed by atoms with Crippen molar-refractivity contribution in [2.24, 2.45) is 0 Å². The molecule has 0 aliphatic heterocycles. The first kappa shape index (κ1) is 15.3. The number of hydrogen-bond donors (Lipinski definition) is 1. The van der Waals surface area contributed by atoms with Gasteiger partial charge >= 0.3 is 0 Å². The Hall–Kier alpha value is -2.61. The van der Waals surface area contributed by atoms with Gasteiger partial charge in [-0.3, -0.25) is 4.79 Å². The number of benzene rings is 3. The molecule has 3 rings (SSSR count). The predicted octanol–water partition coefficient (Wildman–Crippen LogP) is 5.01. The van der Waals surface area contributed by atoms with Crippen molar-refractivity contribution in [3.8, 4) is 5.75 Å². The third kappa shape index (κ3) is 2.61. The summed E-state index contributed by atoms with van der Waals surface area (Å²) in [5.41, 5.74) is 5.26. The molecule has 0 radical (unpaired) electrons. The topological polar surface area (TPSA) is 37.3 Å². The van der Waals surface area contributed by atoms with Crippen molar-refractivity contribution in [3.63, 3.8) is 0 Å². The van der Waals surface area contributed by atoms with Crippen LogP contribution in [0.5, 0.6) is 5.75 Å². The van der Waals surface area contributed by atoms with Crippen LogP contribution in [0.2, 0.25) is 0 Å². The summed E-state index contributed by atoms with van der Waals surface area (Å²) in [6, 6.07) is 13.4. The van der Waals surface area contributed by atoms with E-state index >= 15 is 0 Å². The van der Waals surface area contributed by atoms with Gasteiger partial charge in [0.15, 0.2) is 5.78 Å². The third-order valence-electron chi connectivity index (χ3n) is 4.53. The van der Waals surface area contributed by atoms with Gasteiger partial charge in [-0.25, -0.2) is 0 Å². The predicted molar refractivity (Wildman–Crippen MR) is 94.4 cm³/mol. The molecule has 0 heterocycles. The summed E-state index contributed by atoms with van der Waals surface area (Å²) < 4.78 is 0. The average molecular weight is 304 g/mol. The lowest BCUT2D eigenvalue weighted by Crippen LogP contribution is -2.04. The fourth-order valence-corrected chi connectivity index (χ4v) is 2.89. The molecule has 0 saturated heterocycles. The van der Waals surface area contributed by atoms with Crippen LogP contribution in [-0.2, 0) is 0 Å². The molecule has 0 unspecified atom stereocenters. The van der Waals surface area contributed by atoms with E-state index in [0.29, 0.717) is 11.1 Å². The largest absolute Gasteiger partial charge is 0.507 e. The molecule has 0 saturated carbocycles. The number of aryl methyl sites for hydroxylation is 3. The highest BCUT2D eigenvalue weighted by Gasteiger charge is 2.15. The van der Waals surface area contributed by atoms with Crippen LogP contribution >= 0.6 is 0 Å². The second-order valence-electron chi connectivity index (χ2n) is 6.25. The molecule has 23 heavy (non-hydrogen) atoms. The van der Waals surface area contributed by atoms with Gasteiger partial charge in [-0.15, -0.1) is 0 Å². The fourth-order valence-electron chi connectivity index (χ4n) is 2.89. The van der Waals surface area contributed by atoms with Crippen LogP contribution in [0.1, 0.15) is 38.2 Å². The highest BCUT2D eigenvalue weighted by molar-refractivity contribution is 6.12. The Kier molecular flexibility index (Phi) is 3.69. The van der Waals surface area contributed by atoms with E-state index in [1.165, 1.54) is 0 Å². The number of ketones is 1. The molecular formula is C21H20O2. The molecule has 0 aliphatic carbocycles. The number of rotatable bonds is 2. The normalized spacial score (nSPS) is 11.0. The van der Waals surface area contributed by atoms with E-state index in [1.54, 1.807) is 0 Å². The van der Waals surface area contributed by atoms with Crippen molar-refractivity contribution in [2.45, 2.75) is 27.7 Å². The van der Waals surface area contributed by atoms with Crippen molar-refractivity contribution in [2.75, 3.05) is 0 Å². The molecule has 0 aliphatic rings. The average Bonchev–Trinajstić information content (AvgIpc) is 2.52. The molecule has 0 atom stereocenters. The maximum atomic E-state index is 12.8. The minimum Gasteiger partial charge on any atom is -0.507 e. The Bertz CT molecular complexity index is 919. The summed E-state index contributed by atoms with van der Waals surface area (Å²) in [6.45, 7) is 7.81. The fraction of sp³-hybridized carbons (Fsp3) is 0.190. The van der Waals surface area contributed by atoms with Gasteiger partial charge in [0, 0.05) is 16.5 Å². The van der Waals surface area contributed by atoms with Gasteiger partial charge in [-0.1, -0.05) is 42.0 Å². The van der Waals surface area contributed by atoms with Crippen molar-refractivity contribution < 1.29 is 9.90 Å². The van der Waals surface area contributed by atoms with Gasteiger partial charge in [0.1, 0.15) is 5.75 Å². The molecule has 3 aromatic rings. The summed E-state index contributed by atoms with van der Waals surface area (Å²) >= 11 is 0. The molecular weight excluding hydrogens is 284 g/mol. The number of fused-ring (bicyclic) bond motifs is 1. The Morgan fingerprint density at radius 2 is 1.48 bits per heavy atom. The van der Waals surface area contributed by atoms with Gasteiger partial charge in [-0.05, 0) is 55.8 Å². The summed E-state index contributed by atoms with van der Waals surface area (Å²) in [7, 11) is 0. The van der Waals surface area contributed by atoms with E-state index in [0.717, 1.165) is 33.0 Å². The number of phenolic OH excluding ortho intramolecular Hbond substituents is 1. The zero-order valence-electron chi connectivity index (χ0n) is 13.9. The Morgan fingerprint density at radius 3 is 2.13 bits per heavy atom. The molecule has 0 amide bonds.